The predicted molar refractivity (Wildman–Crippen MR) is 144 cm³/mol. The van der Waals surface area contributed by atoms with Gasteiger partial charge in [0.2, 0.25) is 5.91 Å². The van der Waals surface area contributed by atoms with Crippen LogP contribution >= 0.6 is 0 Å². The van der Waals surface area contributed by atoms with E-state index in [1.54, 1.807) is 25.7 Å². The molecule has 4 aliphatic rings. The first-order valence-corrected chi connectivity index (χ1v) is 13.6. The number of ether oxygens (including phenoxy) is 1. The second-order valence-corrected chi connectivity index (χ2v) is 12.7. The Morgan fingerprint density at radius 1 is 1.08 bits per heavy atom. The van der Waals surface area contributed by atoms with Crippen molar-refractivity contribution in [1.29, 1.82) is 5.26 Å². The zero-order valence-corrected chi connectivity index (χ0v) is 23.5. The minimum absolute atomic E-state index is 0.0285. The van der Waals surface area contributed by atoms with E-state index in [2.05, 4.69) is 24.5 Å². The molecule has 0 aromatic carbocycles. The number of aliphatic carboxylic acids is 1. The first-order valence-electron chi connectivity index (χ1n) is 13.6. The summed E-state index contributed by atoms with van der Waals surface area (Å²) in [5, 5.41) is 21.0. The van der Waals surface area contributed by atoms with Gasteiger partial charge < -0.3 is 25.8 Å². The highest BCUT2D eigenvalue weighted by molar-refractivity contribution is 5.85. The van der Waals surface area contributed by atoms with Gasteiger partial charge in [0.05, 0.1) is 12.1 Å². The number of nitrogens with zero attached hydrogens (tertiary/aromatic N) is 2. The van der Waals surface area contributed by atoms with Crippen LogP contribution in [0.5, 0.6) is 0 Å². The summed E-state index contributed by atoms with van der Waals surface area (Å²) in [6, 6.07) is 0.780. The number of fused-ring (bicyclic) bond motifs is 1. The van der Waals surface area contributed by atoms with Gasteiger partial charge in [-0.05, 0) is 79.1 Å². The molecular weight excluding hydrogens is 484 g/mol. The Labute approximate surface area is 226 Å². The average Bonchev–Trinajstić information content (AvgIpc) is 3.39. The van der Waals surface area contributed by atoms with E-state index in [1.165, 1.54) is 0 Å². The molecule has 0 aromatic rings. The topological polar surface area (TPSA) is 146 Å². The molecule has 0 radical (unpaired) electrons. The van der Waals surface area contributed by atoms with Crippen molar-refractivity contribution in [3.63, 3.8) is 0 Å². The first kappa shape index (κ1) is 29.7. The van der Waals surface area contributed by atoms with E-state index in [-0.39, 0.29) is 23.4 Å². The van der Waals surface area contributed by atoms with Gasteiger partial charge in [0.25, 0.3) is 0 Å². The number of nitrogens with one attached hydrogen (secondary N) is 1. The molecule has 5 atom stereocenters. The number of amides is 2. The van der Waals surface area contributed by atoms with E-state index in [1.807, 2.05) is 13.8 Å². The molecule has 0 spiro atoms. The Hall–Kier alpha value is -2.86. The summed E-state index contributed by atoms with van der Waals surface area (Å²) in [6.45, 7) is 16.9. The Bertz CT molecular complexity index is 1030. The second-order valence-electron chi connectivity index (χ2n) is 12.7. The van der Waals surface area contributed by atoms with Crippen molar-refractivity contribution < 1.29 is 24.2 Å². The number of carboxylic acid groups (broad SMARTS) is 1. The highest BCUT2D eigenvalue weighted by Crippen LogP contribution is 2.52. The lowest BCUT2D eigenvalue weighted by Gasteiger charge is -2.47. The zero-order chi connectivity index (χ0) is 28.6. The summed E-state index contributed by atoms with van der Waals surface area (Å²) in [5.74, 6) is -0.532. The van der Waals surface area contributed by atoms with Crippen LogP contribution < -0.4 is 11.1 Å². The summed E-state index contributed by atoms with van der Waals surface area (Å²) >= 11 is 0. The number of carbonyl (C=O) groups is 3. The van der Waals surface area contributed by atoms with Crippen LogP contribution in [0.4, 0.5) is 4.79 Å². The molecule has 1 unspecified atom stereocenters. The van der Waals surface area contributed by atoms with Gasteiger partial charge in [-0.2, -0.15) is 5.26 Å². The Morgan fingerprint density at radius 2 is 1.61 bits per heavy atom. The van der Waals surface area contributed by atoms with Crippen molar-refractivity contribution in [2.45, 2.75) is 116 Å². The molecule has 1 heterocycles. The molecule has 4 rings (SSSR count). The fourth-order valence-corrected chi connectivity index (χ4v) is 6.23. The standard InChI is InChI=1S/C15H21N3O.C14H23NO4/c1-9(2)15(4-3-5-15)13(17)14(19)18-11(8-16)6-10-7-12(10)18;1-9(2)14(7-6-8-14)10(11(16)17)15-12(18)19-13(3,4)5/h10-13H,1,3-7,17H2,2H3;10H,1,6-8H2,2-5H3,(H,15,18)(H,16,17)/t10-,11+,12+,13-;/m1./s1. The van der Waals surface area contributed by atoms with Crippen LogP contribution in [-0.4, -0.2) is 57.7 Å². The molecule has 1 aliphatic heterocycles. The Morgan fingerprint density at radius 3 is 1.97 bits per heavy atom. The van der Waals surface area contributed by atoms with Gasteiger partial charge in [-0.3, -0.25) is 4.79 Å². The lowest BCUT2D eigenvalue weighted by Crippen LogP contribution is -2.58. The minimum atomic E-state index is -1.05. The number of hydrogen-bond acceptors (Lipinski definition) is 6. The van der Waals surface area contributed by atoms with E-state index < -0.39 is 35.2 Å². The molecule has 4 N–H and O–H groups in total. The van der Waals surface area contributed by atoms with E-state index in [0.717, 1.165) is 62.5 Å². The van der Waals surface area contributed by atoms with Gasteiger partial charge in [-0.15, -0.1) is 0 Å². The van der Waals surface area contributed by atoms with Crippen LogP contribution in [0.3, 0.4) is 0 Å². The summed E-state index contributed by atoms with van der Waals surface area (Å²) in [4.78, 5) is 37.7. The van der Waals surface area contributed by atoms with E-state index >= 15 is 0 Å². The van der Waals surface area contributed by atoms with Gasteiger partial charge in [0.15, 0.2) is 0 Å². The quantitative estimate of drug-likeness (QED) is 0.418. The monoisotopic (exact) mass is 528 g/mol. The van der Waals surface area contributed by atoms with Crippen molar-refractivity contribution >= 4 is 18.0 Å². The molecule has 4 fully saturated rings. The van der Waals surface area contributed by atoms with Gasteiger partial charge in [-0.1, -0.05) is 37.1 Å². The fourth-order valence-electron chi connectivity index (χ4n) is 6.23. The first-order chi connectivity index (χ1) is 17.6. The average molecular weight is 529 g/mol. The fraction of sp³-hybridized carbons (Fsp3) is 0.724. The smallest absolute Gasteiger partial charge is 0.408 e. The predicted octanol–water partition coefficient (Wildman–Crippen LogP) is 4.28. The number of rotatable bonds is 7. The van der Waals surface area contributed by atoms with Crippen molar-refractivity contribution in [2.75, 3.05) is 0 Å². The van der Waals surface area contributed by atoms with Crippen molar-refractivity contribution in [2.24, 2.45) is 22.5 Å². The number of piperidine rings is 1. The maximum absolute atomic E-state index is 12.7. The van der Waals surface area contributed by atoms with Crippen LogP contribution in [0, 0.1) is 28.1 Å². The van der Waals surface area contributed by atoms with Gasteiger partial charge in [-0.25, -0.2) is 9.59 Å². The SMILES string of the molecule is C=C(C)C1(C(NC(=O)OC(C)(C)C)C(=O)O)CCC1.C=C(C)C1([C@H](N)C(=O)N2[C@H](C#N)C[C@@H]3C[C@@H]32)CCC1. The number of carboxylic acids is 1. The molecular formula is C29H44N4O5. The Balaban J connectivity index is 0.000000211. The molecule has 210 valence electrons. The van der Waals surface area contributed by atoms with E-state index in [9.17, 15) is 24.8 Å². The molecule has 3 saturated carbocycles. The molecule has 9 heteroatoms. The highest BCUT2D eigenvalue weighted by Gasteiger charge is 2.57. The van der Waals surface area contributed by atoms with Crippen LogP contribution in [0.1, 0.15) is 86.0 Å². The third-order valence-corrected chi connectivity index (χ3v) is 9.02. The number of nitrogens with two attached hydrogens (primary N) is 1. The molecule has 2 amide bonds. The van der Waals surface area contributed by atoms with Crippen LogP contribution in [0.15, 0.2) is 24.3 Å². The number of alkyl carbamates (subject to hydrolysis) is 1. The molecule has 38 heavy (non-hydrogen) atoms. The number of likely N-dealkylation sites (tertiary alicyclic amines) is 1. The lowest BCUT2D eigenvalue weighted by molar-refractivity contribution is -0.144. The zero-order valence-electron chi connectivity index (χ0n) is 23.5. The molecule has 0 aromatic heterocycles. The summed E-state index contributed by atoms with van der Waals surface area (Å²) in [7, 11) is 0. The minimum Gasteiger partial charge on any atom is -0.480 e. The third kappa shape index (κ3) is 5.61. The summed E-state index contributed by atoms with van der Waals surface area (Å²) < 4.78 is 5.12. The van der Waals surface area contributed by atoms with Crippen LogP contribution in [0.25, 0.3) is 0 Å². The molecule has 0 bridgehead atoms. The molecule has 3 aliphatic carbocycles. The lowest BCUT2D eigenvalue weighted by atomic mass is 9.60. The highest BCUT2D eigenvalue weighted by atomic mass is 16.6. The normalized spacial score (nSPS) is 27.4. The van der Waals surface area contributed by atoms with Gasteiger partial charge in [0.1, 0.15) is 17.7 Å². The number of hydrogen-bond donors (Lipinski definition) is 3. The third-order valence-electron chi connectivity index (χ3n) is 9.02. The maximum atomic E-state index is 12.7. The van der Waals surface area contributed by atoms with Crippen molar-refractivity contribution in [3.05, 3.63) is 24.3 Å². The summed E-state index contributed by atoms with van der Waals surface area (Å²) in [6.07, 6.45) is 6.62. The molecule has 9 nitrogen and oxygen atoms in total. The Kier molecular flexibility index (Phi) is 8.38. The van der Waals surface area contributed by atoms with Crippen LogP contribution in [0.2, 0.25) is 0 Å². The van der Waals surface area contributed by atoms with E-state index in [0.29, 0.717) is 5.92 Å². The maximum Gasteiger partial charge on any atom is 0.408 e. The largest absolute Gasteiger partial charge is 0.480 e. The number of carbonyl (C=O) groups excluding carboxylic acids is 2. The molecule has 1 saturated heterocycles. The summed E-state index contributed by atoms with van der Waals surface area (Å²) in [5.41, 5.74) is 6.67. The van der Waals surface area contributed by atoms with E-state index in [4.69, 9.17) is 10.5 Å². The second kappa shape index (κ2) is 10.7. The van der Waals surface area contributed by atoms with Crippen LogP contribution in [-0.2, 0) is 14.3 Å². The van der Waals surface area contributed by atoms with Gasteiger partial charge in [0, 0.05) is 16.9 Å². The van der Waals surface area contributed by atoms with Crippen molar-refractivity contribution in [1.82, 2.24) is 10.2 Å². The van der Waals surface area contributed by atoms with Gasteiger partial charge >= 0.3 is 12.1 Å². The van der Waals surface area contributed by atoms with Crippen molar-refractivity contribution in [3.8, 4) is 6.07 Å². The number of nitriles is 1.